The van der Waals surface area contributed by atoms with Gasteiger partial charge in [-0.05, 0) is 61.7 Å². The van der Waals surface area contributed by atoms with Crippen LogP contribution in [-0.4, -0.2) is 24.0 Å². The SMILES string of the molecule is COc1ccc(C(=O)NC2=C[C@@H](Nc3cc(C(F)(F)F)nc4c(F)cccc34)CCC2)cc1. The Balaban J connectivity index is 1.58. The fourth-order valence-electron chi connectivity index (χ4n) is 3.78. The van der Waals surface area contributed by atoms with E-state index in [-0.39, 0.29) is 28.5 Å². The molecule has 1 aliphatic carbocycles. The maximum atomic E-state index is 14.2. The number of hydrogen-bond acceptors (Lipinski definition) is 4. The minimum absolute atomic E-state index is 0.135. The van der Waals surface area contributed by atoms with Crippen molar-refractivity contribution in [2.75, 3.05) is 12.4 Å². The van der Waals surface area contributed by atoms with E-state index in [1.807, 2.05) is 0 Å². The third-order valence-corrected chi connectivity index (χ3v) is 5.41. The molecule has 0 fully saturated rings. The van der Waals surface area contributed by atoms with Gasteiger partial charge < -0.3 is 15.4 Å². The van der Waals surface area contributed by atoms with E-state index in [0.29, 0.717) is 29.9 Å². The van der Waals surface area contributed by atoms with Crippen molar-refractivity contribution in [2.45, 2.75) is 31.5 Å². The first kappa shape index (κ1) is 22.6. The van der Waals surface area contributed by atoms with E-state index in [0.717, 1.165) is 18.6 Å². The van der Waals surface area contributed by atoms with Crippen LogP contribution in [0.4, 0.5) is 23.2 Å². The molecule has 0 saturated heterocycles. The number of alkyl halides is 3. The number of rotatable bonds is 5. The summed E-state index contributed by atoms with van der Waals surface area (Å²) in [7, 11) is 1.53. The predicted molar refractivity (Wildman–Crippen MR) is 117 cm³/mol. The molecule has 0 aliphatic heterocycles. The summed E-state index contributed by atoms with van der Waals surface area (Å²) in [5.41, 5.74) is -0.258. The van der Waals surface area contributed by atoms with Crippen molar-refractivity contribution in [1.29, 1.82) is 0 Å². The number of ether oxygens (including phenoxy) is 1. The van der Waals surface area contributed by atoms with Gasteiger partial charge in [-0.25, -0.2) is 9.37 Å². The molecule has 5 nitrogen and oxygen atoms in total. The van der Waals surface area contributed by atoms with E-state index in [1.54, 1.807) is 30.3 Å². The van der Waals surface area contributed by atoms with Gasteiger partial charge in [0.1, 0.15) is 22.8 Å². The summed E-state index contributed by atoms with van der Waals surface area (Å²) in [5.74, 6) is -0.486. The topological polar surface area (TPSA) is 63.2 Å². The van der Waals surface area contributed by atoms with Crippen LogP contribution in [0.2, 0.25) is 0 Å². The number of anilines is 1. The molecule has 9 heteroatoms. The van der Waals surface area contributed by atoms with Crippen molar-refractivity contribution < 1.29 is 27.1 Å². The second kappa shape index (κ2) is 9.09. The number of benzene rings is 2. The number of nitrogens with one attached hydrogen (secondary N) is 2. The van der Waals surface area contributed by atoms with Crippen LogP contribution in [0.3, 0.4) is 0 Å². The van der Waals surface area contributed by atoms with Crippen LogP contribution in [-0.2, 0) is 6.18 Å². The van der Waals surface area contributed by atoms with Crippen molar-refractivity contribution in [3.05, 3.63) is 77.4 Å². The van der Waals surface area contributed by atoms with Crippen molar-refractivity contribution in [3.63, 3.8) is 0 Å². The van der Waals surface area contributed by atoms with Crippen molar-refractivity contribution in [1.82, 2.24) is 10.3 Å². The summed E-state index contributed by atoms with van der Waals surface area (Å²) in [6.07, 6.45) is -0.950. The first-order valence-corrected chi connectivity index (χ1v) is 10.3. The molecule has 3 aromatic rings. The second-order valence-electron chi connectivity index (χ2n) is 7.71. The summed E-state index contributed by atoms with van der Waals surface area (Å²) >= 11 is 0. The molecule has 0 bridgehead atoms. The third-order valence-electron chi connectivity index (χ3n) is 5.41. The highest BCUT2D eigenvalue weighted by molar-refractivity contribution is 5.95. The molecule has 1 heterocycles. The van der Waals surface area contributed by atoms with Gasteiger partial charge in [0.15, 0.2) is 0 Å². The number of para-hydroxylation sites is 1. The van der Waals surface area contributed by atoms with Gasteiger partial charge in [-0.15, -0.1) is 0 Å². The number of carbonyl (C=O) groups excluding carboxylic acids is 1. The van der Waals surface area contributed by atoms with E-state index in [4.69, 9.17) is 4.74 Å². The summed E-state index contributed by atoms with van der Waals surface area (Å²) in [5, 5.41) is 6.19. The number of amides is 1. The van der Waals surface area contributed by atoms with Crippen molar-refractivity contribution in [3.8, 4) is 5.75 Å². The molecule has 1 aromatic heterocycles. The Kier molecular flexibility index (Phi) is 6.22. The lowest BCUT2D eigenvalue weighted by Gasteiger charge is -2.24. The average molecular weight is 459 g/mol. The first-order valence-electron chi connectivity index (χ1n) is 10.3. The number of allylic oxidation sites excluding steroid dienone is 1. The molecule has 0 radical (unpaired) electrons. The first-order chi connectivity index (χ1) is 15.7. The molecule has 0 unspecified atom stereocenters. The minimum atomic E-state index is -4.72. The normalized spacial score (nSPS) is 16.3. The monoisotopic (exact) mass is 459 g/mol. The minimum Gasteiger partial charge on any atom is -0.497 e. The van der Waals surface area contributed by atoms with Crippen molar-refractivity contribution in [2.24, 2.45) is 0 Å². The van der Waals surface area contributed by atoms with Gasteiger partial charge in [-0.3, -0.25) is 4.79 Å². The van der Waals surface area contributed by atoms with Crippen LogP contribution in [0, 0.1) is 5.82 Å². The lowest BCUT2D eigenvalue weighted by Crippen LogP contribution is -2.29. The number of hydrogen-bond donors (Lipinski definition) is 2. The fraction of sp³-hybridized carbons (Fsp3) is 0.250. The molecular weight excluding hydrogens is 438 g/mol. The third kappa shape index (κ3) is 5.08. The van der Waals surface area contributed by atoms with E-state index >= 15 is 0 Å². The number of aromatic nitrogens is 1. The van der Waals surface area contributed by atoms with Crippen molar-refractivity contribution >= 4 is 22.5 Å². The lowest BCUT2D eigenvalue weighted by atomic mass is 9.98. The van der Waals surface area contributed by atoms with Crippen LogP contribution in [0.15, 0.2) is 60.3 Å². The summed E-state index contributed by atoms with van der Waals surface area (Å²) in [6, 6.07) is 11.2. The standard InChI is InChI=1S/C24H21F4N3O2/c1-33-17-10-8-14(9-11-17)23(32)30-16-5-2-4-15(12-16)29-20-13-21(24(26,27)28)31-22-18(20)6-3-7-19(22)25/h3,6-13,15H,2,4-5H2,1H3,(H,29,31)(H,30,32)/t15-/m0/s1. The number of fused-ring (bicyclic) bond motifs is 1. The highest BCUT2D eigenvalue weighted by Gasteiger charge is 2.34. The highest BCUT2D eigenvalue weighted by atomic mass is 19.4. The Morgan fingerprint density at radius 1 is 1.15 bits per heavy atom. The Morgan fingerprint density at radius 3 is 2.61 bits per heavy atom. The largest absolute Gasteiger partial charge is 0.497 e. The molecule has 2 N–H and O–H groups in total. The van der Waals surface area contributed by atoms with E-state index in [9.17, 15) is 22.4 Å². The van der Waals surface area contributed by atoms with Gasteiger partial charge in [-0.1, -0.05) is 12.1 Å². The smallest absolute Gasteiger partial charge is 0.433 e. The Morgan fingerprint density at radius 2 is 1.91 bits per heavy atom. The maximum absolute atomic E-state index is 14.2. The molecule has 0 saturated carbocycles. The fourth-order valence-corrected chi connectivity index (χ4v) is 3.78. The molecule has 1 amide bonds. The zero-order valence-electron chi connectivity index (χ0n) is 17.7. The molecule has 0 spiro atoms. The molecule has 1 aliphatic rings. The highest BCUT2D eigenvalue weighted by Crippen LogP contribution is 2.34. The van der Waals surface area contributed by atoms with Gasteiger partial charge in [0.2, 0.25) is 0 Å². The number of carbonyl (C=O) groups is 1. The number of nitrogens with zero attached hydrogens (tertiary/aromatic N) is 1. The van der Waals surface area contributed by atoms with Gasteiger partial charge >= 0.3 is 6.18 Å². The van der Waals surface area contributed by atoms with Crippen LogP contribution in [0.5, 0.6) is 5.75 Å². The van der Waals surface area contributed by atoms with Gasteiger partial charge in [0.25, 0.3) is 5.91 Å². The number of methoxy groups -OCH3 is 1. The summed E-state index contributed by atoms with van der Waals surface area (Å²) in [4.78, 5) is 16.0. The average Bonchev–Trinajstić information content (AvgIpc) is 2.79. The van der Waals surface area contributed by atoms with Gasteiger partial charge in [0.05, 0.1) is 7.11 Å². The number of pyridine rings is 1. The lowest BCUT2D eigenvalue weighted by molar-refractivity contribution is -0.140. The van der Waals surface area contributed by atoms with E-state index in [1.165, 1.54) is 19.2 Å². The van der Waals surface area contributed by atoms with Crippen LogP contribution in [0.1, 0.15) is 35.3 Å². The van der Waals surface area contributed by atoms with Gasteiger partial charge in [-0.2, -0.15) is 13.2 Å². The Bertz CT molecular complexity index is 1210. The molecule has 4 rings (SSSR count). The van der Waals surface area contributed by atoms with E-state index < -0.39 is 17.7 Å². The van der Waals surface area contributed by atoms with Gasteiger partial charge in [0, 0.05) is 28.4 Å². The zero-order valence-corrected chi connectivity index (χ0v) is 17.7. The van der Waals surface area contributed by atoms with Crippen LogP contribution < -0.4 is 15.4 Å². The molecule has 33 heavy (non-hydrogen) atoms. The van der Waals surface area contributed by atoms with Crippen LogP contribution >= 0.6 is 0 Å². The Labute approximate surface area is 187 Å². The molecule has 1 atom stereocenters. The molecular formula is C24H21F4N3O2. The van der Waals surface area contributed by atoms with Crippen LogP contribution in [0.25, 0.3) is 10.9 Å². The predicted octanol–water partition coefficient (Wildman–Crippen LogP) is 5.68. The Hall–Kier alpha value is -3.62. The molecule has 2 aromatic carbocycles. The summed E-state index contributed by atoms with van der Waals surface area (Å²) < 4.78 is 59.3. The van der Waals surface area contributed by atoms with E-state index in [2.05, 4.69) is 15.6 Å². The number of halogens is 4. The second-order valence-corrected chi connectivity index (χ2v) is 7.71. The molecule has 172 valence electrons. The zero-order chi connectivity index (χ0) is 23.6. The summed E-state index contributed by atoms with van der Waals surface area (Å²) in [6.45, 7) is 0. The maximum Gasteiger partial charge on any atom is 0.433 e. The quantitative estimate of drug-likeness (QED) is 0.482.